The zero-order valence-electron chi connectivity index (χ0n) is 11.8. The number of hydrogen-bond acceptors (Lipinski definition) is 2. The Morgan fingerprint density at radius 2 is 2.00 bits per heavy atom. The Bertz CT molecular complexity index is 366. The zero-order valence-corrected chi connectivity index (χ0v) is 12.6. The number of rotatable bonds is 7. The molecule has 0 aliphatic carbocycles. The number of halogens is 1. The number of aryl methyl sites for hydroxylation is 1. The van der Waals surface area contributed by atoms with E-state index >= 15 is 0 Å². The quantitative estimate of drug-likeness (QED) is 0.754. The first-order chi connectivity index (χ1) is 8.49. The molecule has 0 aromatic heterocycles. The molecule has 3 heteroatoms. The van der Waals surface area contributed by atoms with Gasteiger partial charge in [0, 0.05) is 6.54 Å². The lowest BCUT2D eigenvalue weighted by molar-refractivity contribution is 0.216. The molecule has 1 rings (SSSR count). The number of nitrogens with one attached hydrogen (secondary N) is 1. The monoisotopic (exact) mass is 269 g/mol. The molecular formula is C15H24ClNO. The Balaban J connectivity index is 2.33. The van der Waals surface area contributed by atoms with Gasteiger partial charge in [0.15, 0.2) is 0 Å². The van der Waals surface area contributed by atoms with Crippen molar-refractivity contribution >= 4 is 11.6 Å². The van der Waals surface area contributed by atoms with Crippen molar-refractivity contribution in [3.63, 3.8) is 0 Å². The summed E-state index contributed by atoms with van der Waals surface area (Å²) in [5.74, 6) is 1.50. The molecule has 0 aliphatic rings. The molecule has 0 spiro atoms. The summed E-state index contributed by atoms with van der Waals surface area (Å²) >= 11 is 6.13. The summed E-state index contributed by atoms with van der Waals surface area (Å²) in [7, 11) is 0. The van der Waals surface area contributed by atoms with Crippen LogP contribution < -0.4 is 10.1 Å². The second-order valence-electron chi connectivity index (χ2n) is 5.25. The Kier molecular flexibility index (Phi) is 6.51. The molecule has 18 heavy (non-hydrogen) atoms. The molecule has 1 N–H and O–H groups in total. The topological polar surface area (TPSA) is 21.3 Å². The Labute approximate surface area is 116 Å². The predicted octanol–water partition coefficient (Wildman–Crippen LogP) is 4.05. The SMILES string of the molecule is Cc1ccc(OC(C)CNCCC(C)C)c(Cl)c1. The second-order valence-corrected chi connectivity index (χ2v) is 5.66. The maximum absolute atomic E-state index is 6.13. The van der Waals surface area contributed by atoms with E-state index in [1.165, 1.54) is 6.42 Å². The van der Waals surface area contributed by atoms with Crippen LogP contribution in [0.5, 0.6) is 5.75 Å². The third kappa shape index (κ3) is 5.74. The summed E-state index contributed by atoms with van der Waals surface area (Å²) < 4.78 is 5.81. The molecule has 0 radical (unpaired) electrons. The molecule has 0 aliphatic heterocycles. The van der Waals surface area contributed by atoms with E-state index in [0.29, 0.717) is 5.02 Å². The van der Waals surface area contributed by atoms with E-state index in [0.717, 1.165) is 30.3 Å². The van der Waals surface area contributed by atoms with Crippen LogP contribution in [0.15, 0.2) is 18.2 Å². The van der Waals surface area contributed by atoms with Crippen LogP contribution >= 0.6 is 11.6 Å². The average Bonchev–Trinajstić information content (AvgIpc) is 2.28. The molecule has 1 atom stereocenters. The van der Waals surface area contributed by atoms with Gasteiger partial charge in [0.05, 0.1) is 5.02 Å². The zero-order chi connectivity index (χ0) is 13.5. The van der Waals surface area contributed by atoms with Gasteiger partial charge < -0.3 is 10.1 Å². The maximum atomic E-state index is 6.13. The highest BCUT2D eigenvalue weighted by atomic mass is 35.5. The van der Waals surface area contributed by atoms with Gasteiger partial charge in [-0.1, -0.05) is 31.5 Å². The van der Waals surface area contributed by atoms with Crippen LogP contribution in [-0.2, 0) is 0 Å². The highest BCUT2D eigenvalue weighted by Crippen LogP contribution is 2.25. The molecular weight excluding hydrogens is 246 g/mol. The maximum Gasteiger partial charge on any atom is 0.138 e. The van der Waals surface area contributed by atoms with Gasteiger partial charge in [0.2, 0.25) is 0 Å². The fourth-order valence-electron chi connectivity index (χ4n) is 1.66. The minimum absolute atomic E-state index is 0.123. The van der Waals surface area contributed by atoms with E-state index in [1.807, 2.05) is 25.1 Å². The molecule has 0 fully saturated rings. The average molecular weight is 270 g/mol. The van der Waals surface area contributed by atoms with Gasteiger partial charge >= 0.3 is 0 Å². The smallest absolute Gasteiger partial charge is 0.138 e. The fraction of sp³-hybridized carbons (Fsp3) is 0.600. The van der Waals surface area contributed by atoms with Crippen LogP contribution in [0.2, 0.25) is 5.02 Å². The molecule has 0 bridgehead atoms. The Morgan fingerprint density at radius 1 is 1.28 bits per heavy atom. The van der Waals surface area contributed by atoms with Gasteiger partial charge in [-0.05, 0) is 50.4 Å². The van der Waals surface area contributed by atoms with E-state index in [2.05, 4.69) is 26.1 Å². The lowest BCUT2D eigenvalue weighted by Gasteiger charge is -2.17. The van der Waals surface area contributed by atoms with Crippen molar-refractivity contribution in [1.82, 2.24) is 5.32 Å². The Hall–Kier alpha value is -0.730. The van der Waals surface area contributed by atoms with Crippen molar-refractivity contribution < 1.29 is 4.74 Å². The van der Waals surface area contributed by atoms with Crippen LogP contribution in [0, 0.1) is 12.8 Å². The lowest BCUT2D eigenvalue weighted by Crippen LogP contribution is -2.30. The van der Waals surface area contributed by atoms with Gasteiger partial charge in [-0.25, -0.2) is 0 Å². The summed E-state index contributed by atoms with van der Waals surface area (Å²) in [6, 6.07) is 5.87. The van der Waals surface area contributed by atoms with Crippen LogP contribution in [0.1, 0.15) is 32.8 Å². The number of hydrogen-bond donors (Lipinski definition) is 1. The third-order valence-electron chi connectivity index (χ3n) is 2.75. The molecule has 1 aromatic carbocycles. The number of benzene rings is 1. The van der Waals surface area contributed by atoms with Crippen molar-refractivity contribution in [3.8, 4) is 5.75 Å². The summed E-state index contributed by atoms with van der Waals surface area (Å²) in [5.41, 5.74) is 1.15. The predicted molar refractivity (Wildman–Crippen MR) is 78.6 cm³/mol. The molecule has 2 nitrogen and oxygen atoms in total. The first-order valence-corrected chi connectivity index (χ1v) is 7.00. The van der Waals surface area contributed by atoms with Crippen LogP contribution in [0.3, 0.4) is 0 Å². The molecule has 0 amide bonds. The van der Waals surface area contributed by atoms with E-state index in [-0.39, 0.29) is 6.10 Å². The Morgan fingerprint density at radius 3 is 2.61 bits per heavy atom. The standard InChI is InChI=1S/C15H24ClNO/c1-11(2)7-8-17-10-13(4)18-15-6-5-12(3)9-14(15)16/h5-6,9,11,13,17H,7-8,10H2,1-4H3. The van der Waals surface area contributed by atoms with Crippen LogP contribution in [-0.4, -0.2) is 19.2 Å². The highest BCUT2D eigenvalue weighted by Gasteiger charge is 2.07. The minimum atomic E-state index is 0.123. The summed E-state index contributed by atoms with van der Waals surface area (Å²) in [6.07, 6.45) is 1.32. The third-order valence-corrected chi connectivity index (χ3v) is 3.04. The van der Waals surface area contributed by atoms with Crippen molar-refractivity contribution in [2.45, 2.75) is 40.2 Å². The molecule has 102 valence electrons. The molecule has 0 saturated heterocycles. The minimum Gasteiger partial charge on any atom is -0.488 e. The molecule has 0 heterocycles. The van der Waals surface area contributed by atoms with Gasteiger partial charge in [-0.15, -0.1) is 0 Å². The van der Waals surface area contributed by atoms with Crippen molar-refractivity contribution in [3.05, 3.63) is 28.8 Å². The van der Waals surface area contributed by atoms with E-state index < -0.39 is 0 Å². The molecule has 1 aromatic rings. The fourth-order valence-corrected chi connectivity index (χ4v) is 1.94. The van der Waals surface area contributed by atoms with Gasteiger partial charge in [-0.3, -0.25) is 0 Å². The van der Waals surface area contributed by atoms with Gasteiger partial charge in [0.1, 0.15) is 11.9 Å². The summed E-state index contributed by atoms with van der Waals surface area (Å²) in [6.45, 7) is 10.4. The van der Waals surface area contributed by atoms with E-state index in [9.17, 15) is 0 Å². The molecule has 1 unspecified atom stereocenters. The van der Waals surface area contributed by atoms with Crippen molar-refractivity contribution in [2.75, 3.05) is 13.1 Å². The van der Waals surface area contributed by atoms with Crippen LogP contribution in [0.25, 0.3) is 0 Å². The molecule has 0 saturated carbocycles. The summed E-state index contributed by atoms with van der Waals surface area (Å²) in [5, 5.41) is 4.08. The van der Waals surface area contributed by atoms with Crippen LogP contribution in [0.4, 0.5) is 0 Å². The highest BCUT2D eigenvalue weighted by molar-refractivity contribution is 6.32. The summed E-state index contributed by atoms with van der Waals surface area (Å²) in [4.78, 5) is 0. The first kappa shape index (κ1) is 15.3. The van der Waals surface area contributed by atoms with Crippen molar-refractivity contribution in [2.24, 2.45) is 5.92 Å². The first-order valence-electron chi connectivity index (χ1n) is 6.62. The van der Waals surface area contributed by atoms with E-state index in [4.69, 9.17) is 16.3 Å². The number of ether oxygens (including phenoxy) is 1. The normalized spacial score (nSPS) is 12.8. The second kappa shape index (κ2) is 7.65. The lowest BCUT2D eigenvalue weighted by atomic mass is 10.1. The van der Waals surface area contributed by atoms with E-state index in [1.54, 1.807) is 0 Å². The van der Waals surface area contributed by atoms with Gasteiger partial charge in [0.25, 0.3) is 0 Å². The van der Waals surface area contributed by atoms with Crippen molar-refractivity contribution in [1.29, 1.82) is 0 Å². The van der Waals surface area contributed by atoms with Gasteiger partial charge in [-0.2, -0.15) is 0 Å². The largest absolute Gasteiger partial charge is 0.488 e.